The SMILES string of the molecule is C[C@@H]1O[C@@H](CCN(CC(=O)NCCCCCC(N)=O)C[C@@H](NC(=O)CCCC(=O)O)[C@H](O)CO)[C@@H](O)[C@H](O)[C@@H]1O. The molecular weight excluding hydrogens is 532 g/mol. The number of carbonyl (C=O) groups excluding carboxylic acids is 3. The van der Waals surface area contributed by atoms with E-state index in [9.17, 15) is 44.7 Å². The van der Waals surface area contributed by atoms with Crippen LogP contribution in [0.25, 0.3) is 0 Å². The number of ether oxygens (including phenoxy) is 1. The number of nitrogens with two attached hydrogens (primary N) is 1. The van der Waals surface area contributed by atoms with Gasteiger partial charge in [-0.2, -0.15) is 0 Å². The molecule has 1 aliphatic rings. The fourth-order valence-electron chi connectivity index (χ4n) is 4.36. The quantitative estimate of drug-likeness (QED) is 0.0648. The van der Waals surface area contributed by atoms with Gasteiger partial charge in [0, 0.05) is 38.9 Å². The van der Waals surface area contributed by atoms with Gasteiger partial charge in [-0.15, -0.1) is 0 Å². The molecule has 0 bridgehead atoms. The van der Waals surface area contributed by atoms with E-state index in [2.05, 4.69) is 10.6 Å². The molecule has 15 nitrogen and oxygen atoms in total. The lowest BCUT2D eigenvalue weighted by Crippen LogP contribution is -2.57. The van der Waals surface area contributed by atoms with Crippen LogP contribution in [0.3, 0.4) is 0 Å². The second-order valence-electron chi connectivity index (χ2n) is 10.2. The number of nitrogens with zero attached hydrogens (tertiary/aromatic N) is 1. The highest BCUT2D eigenvalue weighted by Gasteiger charge is 2.41. The average molecular weight is 579 g/mol. The Morgan fingerprint density at radius 2 is 1.65 bits per heavy atom. The summed E-state index contributed by atoms with van der Waals surface area (Å²) in [5, 5.41) is 64.4. The molecule has 1 fully saturated rings. The number of nitrogens with one attached hydrogen (secondary N) is 2. The lowest BCUT2D eigenvalue weighted by atomic mass is 9.94. The number of amides is 3. The van der Waals surface area contributed by atoms with Gasteiger partial charge in [-0.3, -0.25) is 24.1 Å². The first-order valence-corrected chi connectivity index (χ1v) is 13.6. The molecule has 1 heterocycles. The summed E-state index contributed by atoms with van der Waals surface area (Å²) in [4.78, 5) is 48.2. The van der Waals surface area contributed by atoms with Crippen LogP contribution in [-0.2, 0) is 23.9 Å². The van der Waals surface area contributed by atoms with Crippen LogP contribution < -0.4 is 16.4 Å². The summed E-state index contributed by atoms with van der Waals surface area (Å²) in [6, 6.07) is -1.01. The first-order valence-electron chi connectivity index (χ1n) is 13.6. The van der Waals surface area contributed by atoms with Crippen molar-refractivity contribution < 1.29 is 54.6 Å². The Morgan fingerprint density at radius 1 is 0.950 bits per heavy atom. The Morgan fingerprint density at radius 3 is 2.27 bits per heavy atom. The van der Waals surface area contributed by atoms with Crippen LogP contribution >= 0.6 is 0 Å². The molecule has 0 aliphatic carbocycles. The summed E-state index contributed by atoms with van der Waals surface area (Å²) >= 11 is 0. The molecule has 1 aliphatic heterocycles. The van der Waals surface area contributed by atoms with Crippen molar-refractivity contribution in [2.24, 2.45) is 5.73 Å². The third-order valence-corrected chi connectivity index (χ3v) is 6.72. The van der Waals surface area contributed by atoms with Crippen molar-refractivity contribution in [2.45, 2.75) is 101 Å². The maximum Gasteiger partial charge on any atom is 0.303 e. The number of carbonyl (C=O) groups is 4. The maximum atomic E-state index is 12.7. The van der Waals surface area contributed by atoms with Crippen LogP contribution in [0.4, 0.5) is 0 Å². The van der Waals surface area contributed by atoms with Gasteiger partial charge in [0.2, 0.25) is 17.7 Å². The van der Waals surface area contributed by atoms with E-state index in [1.165, 1.54) is 0 Å². The fourth-order valence-corrected chi connectivity index (χ4v) is 4.36. The van der Waals surface area contributed by atoms with Gasteiger partial charge in [0.05, 0.1) is 37.5 Å². The zero-order chi connectivity index (χ0) is 30.2. The average Bonchev–Trinajstić information content (AvgIpc) is 2.89. The molecule has 0 radical (unpaired) electrons. The van der Waals surface area contributed by atoms with Crippen molar-refractivity contribution in [1.29, 1.82) is 0 Å². The Kier molecular flexibility index (Phi) is 16.8. The van der Waals surface area contributed by atoms with E-state index < -0.39 is 67.1 Å². The first kappa shape index (κ1) is 35.6. The van der Waals surface area contributed by atoms with Crippen molar-refractivity contribution in [3.05, 3.63) is 0 Å². The number of aliphatic hydroxyl groups is 5. The fraction of sp³-hybridized carbons (Fsp3) is 0.840. The highest BCUT2D eigenvalue weighted by Crippen LogP contribution is 2.23. The third kappa shape index (κ3) is 13.8. The molecule has 0 aromatic carbocycles. The molecule has 40 heavy (non-hydrogen) atoms. The Hall–Kier alpha value is -2.40. The number of carboxylic acids is 1. The molecule has 1 rings (SSSR count). The van der Waals surface area contributed by atoms with Crippen molar-refractivity contribution in [3.8, 4) is 0 Å². The summed E-state index contributed by atoms with van der Waals surface area (Å²) in [5.74, 6) is -2.34. The highest BCUT2D eigenvalue weighted by molar-refractivity contribution is 5.78. The predicted molar refractivity (Wildman–Crippen MR) is 141 cm³/mol. The highest BCUT2D eigenvalue weighted by atomic mass is 16.5. The number of hydrogen-bond donors (Lipinski definition) is 9. The summed E-state index contributed by atoms with van der Waals surface area (Å²) in [6.45, 7) is 1.08. The van der Waals surface area contributed by atoms with Gasteiger partial charge in [0.15, 0.2) is 0 Å². The minimum absolute atomic E-state index is 0.0813. The summed E-state index contributed by atoms with van der Waals surface area (Å²) in [6.07, 6.45) is -5.00. The van der Waals surface area contributed by atoms with Crippen LogP contribution in [0, 0.1) is 0 Å². The zero-order valence-corrected chi connectivity index (χ0v) is 23.0. The lowest BCUT2D eigenvalue weighted by molar-refractivity contribution is -0.218. The van der Waals surface area contributed by atoms with Crippen LogP contribution in [0.2, 0.25) is 0 Å². The van der Waals surface area contributed by atoms with Crippen molar-refractivity contribution in [3.63, 3.8) is 0 Å². The third-order valence-electron chi connectivity index (χ3n) is 6.72. The second kappa shape index (κ2) is 18.9. The Balaban J connectivity index is 2.84. The standard InChI is InChI=1S/C25H46N4O11/c1-15-23(37)25(39)24(38)18(40-15)9-11-29(13-21(34)27-10-4-2-3-6-19(26)32)12-16(17(31)14-30)28-20(33)7-5-8-22(35)36/h15-18,23-25,30-31,37-39H,2-14H2,1H3,(H2,26,32)(H,27,34)(H,28,33)(H,35,36)/t15-,16+,17+,18-,23+,24+,25+/m0/s1. The van der Waals surface area contributed by atoms with Crippen LogP contribution in [0.15, 0.2) is 0 Å². The number of unbranched alkanes of at least 4 members (excludes halogenated alkanes) is 2. The van der Waals surface area contributed by atoms with Crippen LogP contribution in [0.5, 0.6) is 0 Å². The number of primary amides is 1. The van der Waals surface area contributed by atoms with E-state index in [1.54, 1.807) is 11.8 Å². The molecule has 232 valence electrons. The van der Waals surface area contributed by atoms with Crippen molar-refractivity contribution in [2.75, 3.05) is 32.8 Å². The van der Waals surface area contributed by atoms with E-state index in [4.69, 9.17) is 15.6 Å². The van der Waals surface area contributed by atoms with Gasteiger partial charge in [-0.05, 0) is 32.6 Å². The molecule has 1 saturated heterocycles. The molecule has 3 amide bonds. The van der Waals surface area contributed by atoms with Gasteiger partial charge in [-0.25, -0.2) is 0 Å². The van der Waals surface area contributed by atoms with Crippen molar-refractivity contribution in [1.82, 2.24) is 15.5 Å². The molecule has 15 heteroatoms. The largest absolute Gasteiger partial charge is 0.481 e. The summed E-state index contributed by atoms with van der Waals surface area (Å²) in [5.41, 5.74) is 5.11. The van der Waals surface area contributed by atoms with Gasteiger partial charge >= 0.3 is 5.97 Å². The van der Waals surface area contributed by atoms with E-state index in [0.717, 1.165) is 0 Å². The van der Waals surface area contributed by atoms with Crippen molar-refractivity contribution >= 4 is 23.7 Å². The van der Waals surface area contributed by atoms with Gasteiger partial charge in [0.1, 0.15) is 18.3 Å². The molecule has 0 aromatic heterocycles. The normalized spacial score (nSPS) is 24.3. The topological polar surface area (TPSA) is 252 Å². The molecular formula is C25H46N4O11. The lowest BCUT2D eigenvalue weighted by Gasteiger charge is -2.40. The van der Waals surface area contributed by atoms with Crippen LogP contribution in [0.1, 0.15) is 58.3 Å². The molecule has 7 atom stereocenters. The number of aliphatic carboxylic acids is 1. The molecule has 0 unspecified atom stereocenters. The Labute approximate surface area is 233 Å². The number of aliphatic hydroxyl groups excluding tert-OH is 5. The van der Waals surface area contributed by atoms with Crippen LogP contribution in [-0.4, -0.2) is 135 Å². The molecule has 0 saturated carbocycles. The van der Waals surface area contributed by atoms with Gasteiger partial charge < -0.3 is 51.7 Å². The minimum atomic E-state index is -1.42. The molecule has 10 N–H and O–H groups in total. The predicted octanol–water partition coefficient (Wildman–Crippen LogP) is -3.20. The smallest absolute Gasteiger partial charge is 0.303 e. The number of rotatable bonds is 20. The summed E-state index contributed by atoms with van der Waals surface area (Å²) in [7, 11) is 0. The minimum Gasteiger partial charge on any atom is -0.481 e. The van der Waals surface area contributed by atoms with E-state index >= 15 is 0 Å². The second-order valence-corrected chi connectivity index (χ2v) is 10.2. The number of carboxylic acid groups (broad SMARTS) is 1. The van der Waals surface area contributed by atoms with Gasteiger partial charge in [0.25, 0.3) is 0 Å². The molecule has 0 aromatic rings. The zero-order valence-electron chi connectivity index (χ0n) is 23.0. The maximum absolute atomic E-state index is 12.7. The van der Waals surface area contributed by atoms with E-state index in [-0.39, 0.29) is 57.6 Å². The van der Waals surface area contributed by atoms with Gasteiger partial charge in [-0.1, -0.05) is 6.42 Å². The molecule has 0 spiro atoms. The first-order chi connectivity index (χ1) is 18.8. The number of hydrogen-bond acceptors (Lipinski definition) is 11. The Bertz CT molecular complexity index is 803. The van der Waals surface area contributed by atoms with E-state index in [1.807, 2.05) is 0 Å². The van der Waals surface area contributed by atoms with E-state index in [0.29, 0.717) is 25.8 Å². The summed E-state index contributed by atoms with van der Waals surface area (Å²) < 4.78 is 5.63. The monoisotopic (exact) mass is 578 g/mol.